The largest absolute Gasteiger partial charge is 0.429 e. The fourth-order valence-corrected chi connectivity index (χ4v) is 1.18. The van der Waals surface area contributed by atoms with Crippen molar-refractivity contribution in [2.45, 2.75) is 6.92 Å². The van der Waals surface area contributed by atoms with Crippen molar-refractivity contribution in [3.8, 4) is 0 Å². The molecule has 0 aliphatic rings. The van der Waals surface area contributed by atoms with Gasteiger partial charge >= 0.3 is 6.01 Å². The molecule has 1 aromatic carbocycles. The highest BCUT2D eigenvalue weighted by Crippen LogP contribution is 2.10. The molecule has 0 atom stereocenters. The van der Waals surface area contributed by atoms with E-state index in [1.165, 1.54) is 30.5 Å². The number of carbonyl (C=O) groups excluding carboxylic acids is 1. The van der Waals surface area contributed by atoms with E-state index in [0.717, 1.165) is 0 Å². The Balaban J connectivity index is 2.11. The Morgan fingerprint density at radius 2 is 2.06 bits per heavy atom. The quantitative estimate of drug-likeness (QED) is 0.845. The average molecular weight is 220 g/mol. The molecule has 0 aliphatic carbocycles. The van der Waals surface area contributed by atoms with Crippen molar-refractivity contribution in [1.29, 1.82) is 0 Å². The second-order valence-electron chi connectivity index (χ2n) is 3.24. The number of oxazole rings is 1. The lowest BCUT2D eigenvalue weighted by Gasteiger charge is -2.00. The molecule has 1 N–H and O–H groups in total. The Morgan fingerprint density at radius 1 is 1.38 bits per heavy atom. The first-order valence-corrected chi connectivity index (χ1v) is 4.64. The monoisotopic (exact) mass is 220 g/mol. The summed E-state index contributed by atoms with van der Waals surface area (Å²) in [6.45, 7) is 1.72. The molecule has 1 amide bonds. The van der Waals surface area contributed by atoms with Crippen LogP contribution in [0.5, 0.6) is 0 Å². The molecule has 1 aromatic heterocycles. The highest BCUT2D eigenvalue weighted by molar-refractivity contribution is 6.03. The van der Waals surface area contributed by atoms with Crippen molar-refractivity contribution in [1.82, 2.24) is 4.98 Å². The van der Waals surface area contributed by atoms with E-state index in [2.05, 4.69) is 10.3 Å². The fraction of sp³-hybridized carbons (Fsp3) is 0.0909. The summed E-state index contributed by atoms with van der Waals surface area (Å²) < 4.78 is 17.7. The number of nitrogens with zero attached hydrogens (tertiary/aromatic N) is 1. The molecule has 2 rings (SSSR count). The molecule has 1 heterocycles. The highest BCUT2D eigenvalue weighted by atomic mass is 19.1. The van der Waals surface area contributed by atoms with Crippen LogP contribution in [0.2, 0.25) is 0 Å². The van der Waals surface area contributed by atoms with E-state index in [9.17, 15) is 9.18 Å². The van der Waals surface area contributed by atoms with Crippen LogP contribution in [-0.2, 0) is 0 Å². The van der Waals surface area contributed by atoms with Crippen LogP contribution in [0, 0.1) is 12.7 Å². The van der Waals surface area contributed by atoms with E-state index in [1.807, 2.05) is 0 Å². The Labute approximate surface area is 91.1 Å². The van der Waals surface area contributed by atoms with Crippen LogP contribution in [0.3, 0.4) is 0 Å². The summed E-state index contributed by atoms with van der Waals surface area (Å²) in [6, 6.07) is 5.35. The molecule has 0 unspecified atom stereocenters. The van der Waals surface area contributed by atoms with Gasteiger partial charge in [0.05, 0.1) is 6.20 Å². The number of benzene rings is 1. The summed E-state index contributed by atoms with van der Waals surface area (Å²) in [5.41, 5.74) is 0.345. The van der Waals surface area contributed by atoms with Gasteiger partial charge in [0.1, 0.15) is 11.6 Å². The molecule has 16 heavy (non-hydrogen) atoms. The van der Waals surface area contributed by atoms with E-state index in [4.69, 9.17) is 4.42 Å². The summed E-state index contributed by atoms with van der Waals surface area (Å²) in [5, 5.41) is 2.46. The lowest BCUT2D eigenvalue weighted by Crippen LogP contribution is -2.11. The number of halogens is 1. The lowest BCUT2D eigenvalue weighted by molar-refractivity contribution is 0.102. The maximum absolute atomic E-state index is 12.6. The molecular formula is C11H9FN2O2. The van der Waals surface area contributed by atoms with E-state index in [1.54, 1.807) is 6.92 Å². The van der Waals surface area contributed by atoms with Crippen LogP contribution in [0.15, 0.2) is 34.9 Å². The van der Waals surface area contributed by atoms with E-state index in [0.29, 0.717) is 11.3 Å². The molecular weight excluding hydrogens is 211 g/mol. The molecule has 0 radical (unpaired) electrons. The maximum Gasteiger partial charge on any atom is 0.301 e. The normalized spacial score (nSPS) is 10.1. The van der Waals surface area contributed by atoms with Gasteiger partial charge in [-0.05, 0) is 31.2 Å². The Hall–Kier alpha value is -2.17. The van der Waals surface area contributed by atoms with Gasteiger partial charge in [0.2, 0.25) is 0 Å². The van der Waals surface area contributed by atoms with Crippen molar-refractivity contribution in [3.63, 3.8) is 0 Å². The van der Waals surface area contributed by atoms with E-state index < -0.39 is 0 Å². The molecule has 5 heteroatoms. The maximum atomic E-state index is 12.6. The van der Waals surface area contributed by atoms with E-state index >= 15 is 0 Å². The number of carbonyl (C=O) groups is 1. The first kappa shape index (κ1) is 10.4. The number of anilines is 1. The third-order valence-electron chi connectivity index (χ3n) is 1.95. The highest BCUT2D eigenvalue weighted by Gasteiger charge is 2.08. The number of hydrogen-bond donors (Lipinski definition) is 1. The lowest BCUT2D eigenvalue weighted by atomic mass is 10.2. The van der Waals surface area contributed by atoms with Gasteiger partial charge in [0.15, 0.2) is 0 Å². The second kappa shape index (κ2) is 4.14. The molecule has 0 saturated heterocycles. The summed E-state index contributed by atoms with van der Waals surface area (Å²) >= 11 is 0. The van der Waals surface area contributed by atoms with Crippen LogP contribution < -0.4 is 5.32 Å². The Morgan fingerprint density at radius 3 is 2.62 bits per heavy atom. The summed E-state index contributed by atoms with van der Waals surface area (Å²) in [7, 11) is 0. The van der Waals surface area contributed by atoms with Crippen LogP contribution in [0.4, 0.5) is 10.4 Å². The van der Waals surface area contributed by atoms with Gasteiger partial charge in [0, 0.05) is 5.56 Å². The zero-order valence-corrected chi connectivity index (χ0v) is 8.53. The van der Waals surface area contributed by atoms with Gasteiger partial charge in [-0.2, -0.15) is 0 Å². The van der Waals surface area contributed by atoms with E-state index in [-0.39, 0.29) is 17.7 Å². The third-order valence-corrected chi connectivity index (χ3v) is 1.95. The molecule has 4 nitrogen and oxygen atoms in total. The van der Waals surface area contributed by atoms with Gasteiger partial charge in [-0.15, -0.1) is 0 Å². The summed E-state index contributed by atoms with van der Waals surface area (Å²) in [4.78, 5) is 15.4. The minimum atomic E-state index is -0.387. The van der Waals surface area contributed by atoms with Crippen molar-refractivity contribution in [2.24, 2.45) is 0 Å². The number of nitrogens with one attached hydrogen (secondary N) is 1. The first-order chi connectivity index (χ1) is 7.65. The molecule has 0 spiro atoms. The van der Waals surface area contributed by atoms with Gasteiger partial charge in [0.25, 0.3) is 5.91 Å². The molecule has 0 saturated carbocycles. The van der Waals surface area contributed by atoms with Crippen molar-refractivity contribution in [2.75, 3.05) is 5.32 Å². The molecule has 0 fully saturated rings. The van der Waals surface area contributed by atoms with Crippen molar-refractivity contribution < 1.29 is 13.6 Å². The minimum absolute atomic E-state index is 0.131. The molecule has 2 aromatic rings. The number of amides is 1. The fourth-order valence-electron chi connectivity index (χ4n) is 1.18. The molecule has 0 aliphatic heterocycles. The Kier molecular flexibility index (Phi) is 2.68. The van der Waals surface area contributed by atoms with Gasteiger partial charge < -0.3 is 4.42 Å². The smallest absolute Gasteiger partial charge is 0.301 e. The Bertz CT molecular complexity index is 505. The number of rotatable bonds is 2. The van der Waals surface area contributed by atoms with Crippen LogP contribution >= 0.6 is 0 Å². The van der Waals surface area contributed by atoms with Gasteiger partial charge in [-0.25, -0.2) is 9.37 Å². The van der Waals surface area contributed by atoms with Crippen molar-refractivity contribution >= 4 is 11.9 Å². The zero-order valence-electron chi connectivity index (χ0n) is 8.53. The predicted molar refractivity (Wildman–Crippen MR) is 55.6 cm³/mol. The third kappa shape index (κ3) is 2.25. The van der Waals surface area contributed by atoms with Crippen LogP contribution in [0.1, 0.15) is 16.1 Å². The number of hydrogen-bond acceptors (Lipinski definition) is 3. The van der Waals surface area contributed by atoms with Gasteiger partial charge in [-0.3, -0.25) is 10.1 Å². The minimum Gasteiger partial charge on any atom is -0.429 e. The average Bonchev–Trinajstić information content (AvgIpc) is 2.65. The predicted octanol–water partition coefficient (Wildman–Crippen LogP) is 2.37. The van der Waals surface area contributed by atoms with Crippen molar-refractivity contribution in [3.05, 3.63) is 47.6 Å². The zero-order chi connectivity index (χ0) is 11.5. The topological polar surface area (TPSA) is 55.1 Å². The van der Waals surface area contributed by atoms with Crippen LogP contribution in [0.25, 0.3) is 0 Å². The summed E-state index contributed by atoms with van der Waals surface area (Å²) in [6.07, 6.45) is 1.50. The van der Waals surface area contributed by atoms with Gasteiger partial charge in [-0.1, -0.05) is 0 Å². The SMILES string of the molecule is Cc1cnc(NC(=O)c2ccc(F)cc2)o1. The first-order valence-electron chi connectivity index (χ1n) is 4.64. The van der Waals surface area contributed by atoms with Crippen LogP contribution in [-0.4, -0.2) is 10.9 Å². The summed E-state index contributed by atoms with van der Waals surface area (Å²) in [5.74, 6) is -0.167. The standard InChI is InChI=1S/C11H9FN2O2/c1-7-6-13-11(16-7)14-10(15)8-2-4-9(12)5-3-8/h2-6H,1H3,(H,13,14,15). The second-order valence-corrected chi connectivity index (χ2v) is 3.24. The molecule has 82 valence electrons. The molecule has 0 bridgehead atoms. The number of aryl methyl sites for hydroxylation is 1. The number of aromatic nitrogens is 1.